The summed E-state index contributed by atoms with van der Waals surface area (Å²) in [4.78, 5) is 2.28. The molecule has 0 N–H and O–H groups in total. The van der Waals surface area contributed by atoms with Crippen LogP contribution in [-0.4, -0.2) is 18.5 Å². The van der Waals surface area contributed by atoms with Crippen molar-refractivity contribution >= 4 is 0 Å². The summed E-state index contributed by atoms with van der Waals surface area (Å²) in [7, 11) is 2.14. The number of hydrogen-bond acceptors (Lipinski definition) is 1. The monoisotopic (exact) mass is 223 g/mol. The van der Waals surface area contributed by atoms with Crippen LogP contribution in [0.15, 0.2) is 24.4 Å². The van der Waals surface area contributed by atoms with E-state index >= 15 is 0 Å². The van der Waals surface area contributed by atoms with Crippen LogP contribution in [0.2, 0.25) is 0 Å². The van der Waals surface area contributed by atoms with Gasteiger partial charge in [-0.1, -0.05) is 46.4 Å². The van der Waals surface area contributed by atoms with Gasteiger partial charge in [-0.15, -0.1) is 0 Å². The van der Waals surface area contributed by atoms with Crippen molar-refractivity contribution in [1.29, 1.82) is 0 Å². The molecule has 1 nitrogen and oxygen atoms in total. The summed E-state index contributed by atoms with van der Waals surface area (Å²) in [5.74, 6) is 1.31. The summed E-state index contributed by atoms with van der Waals surface area (Å²) >= 11 is 0. The third-order valence-electron chi connectivity index (χ3n) is 2.96. The standard InChI is InChI=1S/C15H29N/c1-12(2)11-16(7)15(6)10-8-9-14(5)13(3)4/h12-13H,5-6,8-11H2,1-4,7H3. The van der Waals surface area contributed by atoms with Crippen LogP contribution in [0.1, 0.15) is 47.0 Å². The summed E-state index contributed by atoms with van der Waals surface area (Å²) in [5.41, 5.74) is 2.62. The maximum absolute atomic E-state index is 4.15. The summed E-state index contributed by atoms with van der Waals surface area (Å²) in [6, 6.07) is 0. The van der Waals surface area contributed by atoms with Gasteiger partial charge in [-0.3, -0.25) is 0 Å². The average Bonchev–Trinajstić information content (AvgIpc) is 2.15. The highest BCUT2D eigenvalue weighted by atomic mass is 15.1. The lowest BCUT2D eigenvalue weighted by atomic mass is 9.99. The second-order valence-electron chi connectivity index (χ2n) is 5.51. The molecule has 0 atom stereocenters. The molecule has 0 heterocycles. The van der Waals surface area contributed by atoms with Gasteiger partial charge in [0, 0.05) is 19.3 Å². The molecule has 0 amide bonds. The van der Waals surface area contributed by atoms with Crippen LogP contribution in [0.25, 0.3) is 0 Å². The topological polar surface area (TPSA) is 3.24 Å². The fourth-order valence-electron chi connectivity index (χ4n) is 1.68. The van der Waals surface area contributed by atoms with Crippen molar-refractivity contribution in [2.24, 2.45) is 11.8 Å². The summed E-state index contributed by atoms with van der Waals surface area (Å²) in [6.45, 7) is 18.2. The number of nitrogens with zero attached hydrogens (tertiary/aromatic N) is 1. The first-order valence-corrected chi connectivity index (χ1v) is 6.41. The highest BCUT2D eigenvalue weighted by Gasteiger charge is 2.05. The van der Waals surface area contributed by atoms with E-state index in [-0.39, 0.29) is 0 Å². The molecule has 0 saturated carbocycles. The van der Waals surface area contributed by atoms with Crippen LogP contribution in [0.5, 0.6) is 0 Å². The van der Waals surface area contributed by atoms with Gasteiger partial charge in [-0.25, -0.2) is 0 Å². The zero-order valence-electron chi connectivity index (χ0n) is 11.8. The third-order valence-corrected chi connectivity index (χ3v) is 2.96. The minimum absolute atomic E-state index is 0.613. The highest BCUT2D eigenvalue weighted by molar-refractivity contribution is 4.99. The molecule has 0 unspecified atom stereocenters. The first kappa shape index (κ1) is 15.3. The minimum Gasteiger partial charge on any atom is -0.378 e. The van der Waals surface area contributed by atoms with Crippen LogP contribution in [-0.2, 0) is 0 Å². The number of rotatable bonds is 8. The highest BCUT2D eigenvalue weighted by Crippen LogP contribution is 2.17. The first-order chi connectivity index (χ1) is 7.34. The Bertz CT molecular complexity index is 226. The Morgan fingerprint density at radius 2 is 1.62 bits per heavy atom. The Morgan fingerprint density at radius 3 is 2.06 bits per heavy atom. The Labute approximate surface area is 102 Å². The maximum atomic E-state index is 4.15. The zero-order valence-corrected chi connectivity index (χ0v) is 11.8. The quantitative estimate of drug-likeness (QED) is 0.549. The van der Waals surface area contributed by atoms with Crippen molar-refractivity contribution < 1.29 is 0 Å². The van der Waals surface area contributed by atoms with E-state index in [4.69, 9.17) is 0 Å². The van der Waals surface area contributed by atoms with Crippen LogP contribution in [0, 0.1) is 11.8 Å². The molecule has 0 bridgehead atoms. The van der Waals surface area contributed by atoms with E-state index in [1.165, 1.54) is 17.7 Å². The van der Waals surface area contributed by atoms with E-state index < -0.39 is 0 Å². The molecule has 0 spiro atoms. The van der Waals surface area contributed by atoms with Crippen molar-refractivity contribution in [3.05, 3.63) is 24.4 Å². The normalized spacial score (nSPS) is 10.9. The lowest BCUT2D eigenvalue weighted by Gasteiger charge is -2.24. The molecule has 0 aromatic rings. The minimum atomic E-state index is 0.613. The largest absolute Gasteiger partial charge is 0.378 e. The maximum Gasteiger partial charge on any atom is 0.0194 e. The van der Waals surface area contributed by atoms with Gasteiger partial charge in [0.05, 0.1) is 0 Å². The van der Waals surface area contributed by atoms with E-state index in [1.54, 1.807) is 0 Å². The van der Waals surface area contributed by atoms with Crippen LogP contribution < -0.4 is 0 Å². The molecule has 0 fully saturated rings. The van der Waals surface area contributed by atoms with Crippen LogP contribution >= 0.6 is 0 Å². The van der Waals surface area contributed by atoms with Crippen molar-refractivity contribution in [3.8, 4) is 0 Å². The molecule has 0 aliphatic carbocycles. The zero-order chi connectivity index (χ0) is 12.7. The van der Waals surface area contributed by atoms with Gasteiger partial charge in [-0.2, -0.15) is 0 Å². The summed E-state index contributed by atoms with van der Waals surface area (Å²) in [5, 5.41) is 0. The average molecular weight is 223 g/mol. The lowest BCUT2D eigenvalue weighted by Crippen LogP contribution is -2.22. The molecule has 0 aromatic carbocycles. The molecule has 0 aliphatic rings. The van der Waals surface area contributed by atoms with E-state index in [1.807, 2.05) is 0 Å². The second kappa shape index (κ2) is 7.54. The Hall–Kier alpha value is -0.720. The van der Waals surface area contributed by atoms with Crippen molar-refractivity contribution in [2.45, 2.75) is 47.0 Å². The number of allylic oxidation sites excluding steroid dienone is 2. The van der Waals surface area contributed by atoms with E-state index in [9.17, 15) is 0 Å². The first-order valence-electron chi connectivity index (χ1n) is 6.41. The van der Waals surface area contributed by atoms with Crippen LogP contribution in [0.4, 0.5) is 0 Å². The van der Waals surface area contributed by atoms with Crippen LogP contribution in [0.3, 0.4) is 0 Å². The fourth-order valence-corrected chi connectivity index (χ4v) is 1.68. The molecule has 0 saturated heterocycles. The van der Waals surface area contributed by atoms with E-state index in [0.29, 0.717) is 11.8 Å². The second-order valence-corrected chi connectivity index (χ2v) is 5.51. The number of hydrogen-bond donors (Lipinski definition) is 0. The van der Waals surface area contributed by atoms with Crippen molar-refractivity contribution in [2.75, 3.05) is 13.6 Å². The van der Waals surface area contributed by atoms with Gasteiger partial charge in [0.1, 0.15) is 0 Å². The molecular formula is C15H29N. The summed E-state index contributed by atoms with van der Waals surface area (Å²) < 4.78 is 0. The molecule has 0 aromatic heterocycles. The molecule has 16 heavy (non-hydrogen) atoms. The third kappa shape index (κ3) is 6.71. The van der Waals surface area contributed by atoms with Gasteiger partial charge in [-0.05, 0) is 31.1 Å². The fraction of sp³-hybridized carbons (Fsp3) is 0.733. The van der Waals surface area contributed by atoms with Gasteiger partial charge in [0.2, 0.25) is 0 Å². The Kier molecular flexibility index (Phi) is 7.20. The predicted octanol–water partition coefficient (Wildman–Crippen LogP) is 4.47. The SMILES string of the molecule is C=C(CCCC(=C)N(C)CC(C)C)C(C)C. The molecular weight excluding hydrogens is 194 g/mol. The predicted molar refractivity (Wildman–Crippen MR) is 74.4 cm³/mol. The molecule has 0 radical (unpaired) electrons. The smallest absolute Gasteiger partial charge is 0.0194 e. The van der Waals surface area contributed by atoms with Gasteiger partial charge >= 0.3 is 0 Å². The molecule has 94 valence electrons. The van der Waals surface area contributed by atoms with Crippen molar-refractivity contribution in [3.63, 3.8) is 0 Å². The van der Waals surface area contributed by atoms with Crippen molar-refractivity contribution in [1.82, 2.24) is 4.90 Å². The Morgan fingerprint density at radius 1 is 1.06 bits per heavy atom. The molecule has 1 heteroatoms. The lowest BCUT2D eigenvalue weighted by molar-refractivity contribution is 0.349. The van der Waals surface area contributed by atoms with Gasteiger partial charge < -0.3 is 4.90 Å². The Balaban J connectivity index is 3.77. The van der Waals surface area contributed by atoms with E-state index in [0.717, 1.165) is 19.4 Å². The van der Waals surface area contributed by atoms with Gasteiger partial charge in [0.25, 0.3) is 0 Å². The van der Waals surface area contributed by atoms with E-state index in [2.05, 4.69) is 52.8 Å². The molecule has 0 aliphatic heterocycles. The van der Waals surface area contributed by atoms with Gasteiger partial charge in [0.15, 0.2) is 0 Å². The summed E-state index contributed by atoms with van der Waals surface area (Å²) in [6.07, 6.45) is 3.40. The molecule has 0 rings (SSSR count).